The minimum atomic E-state index is -0.166. The topological polar surface area (TPSA) is 26.3 Å². The van der Waals surface area contributed by atoms with Gasteiger partial charge < -0.3 is 4.74 Å². The first-order chi connectivity index (χ1) is 10.0. The van der Waals surface area contributed by atoms with E-state index in [1.807, 2.05) is 0 Å². The summed E-state index contributed by atoms with van der Waals surface area (Å²) in [4.78, 5) is 12.3. The van der Waals surface area contributed by atoms with Crippen LogP contribution in [0.5, 0.6) is 5.75 Å². The lowest BCUT2D eigenvalue weighted by atomic mass is 9.60. The molecule has 0 amide bonds. The molecule has 1 aromatic carbocycles. The summed E-state index contributed by atoms with van der Waals surface area (Å²) >= 11 is 0. The Labute approximate surface area is 127 Å². The van der Waals surface area contributed by atoms with Gasteiger partial charge in [0.25, 0.3) is 0 Å². The smallest absolute Gasteiger partial charge is 0.146 e. The minimum Gasteiger partial charge on any atom is -0.488 e. The van der Waals surface area contributed by atoms with Crippen molar-refractivity contribution in [2.75, 3.05) is 0 Å². The molecule has 1 atom stereocenters. The summed E-state index contributed by atoms with van der Waals surface area (Å²) in [5, 5.41) is 0. The Balaban J connectivity index is 1.83. The van der Waals surface area contributed by atoms with Gasteiger partial charge in [0.2, 0.25) is 0 Å². The number of hydrogen-bond donors (Lipinski definition) is 0. The third-order valence-corrected chi connectivity index (χ3v) is 5.40. The SMILES string of the molecule is Cc1cc(C)c(OC2CC(=O)C23CCCCCC3)c(C)c1. The van der Waals surface area contributed by atoms with E-state index in [2.05, 4.69) is 32.9 Å². The number of Topliss-reactive ketones (excluding diaryl/α,β-unsaturated/α-hetero) is 1. The average molecular weight is 286 g/mol. The maximum Gasteiger partial charge on any atom is 0.146 e. The van der Waals surface area contributed by atoms with E-state index < -0.39 is 0 Å². The molecule has 0 aliphatic heterocycles. The van der Waals surface area contributed by atoms with Crippen molar-refractivity contribution in [3.8, 4) is 5.75 Å². The van der Waals surface area contributed by atoms with Crippen LogP contribution in [0.4, 0.5) is 0 Å². The number of ketones is 1. The Morgan fingerprint density at radius 2 is 1.57 bits per heavy atom. The summed E-state index contributed by atoms with van der Waals surface area (Å²) in [6, 6.07) is 4.34. The molecule has 0 radical (unpaired) electrons. The molecule has 1 aromatic rings. The fourth-order valence-corrected chi connectivity index (χ4v) is 4.23. The molecule has 1 spiro atoms. The molecule has 2 aliphatic rings. The predicted octanol–water partition coefficient (Wildman–Crippen LogP) is 4.67. The molecule has 0 aromatic heterocycles. The number of carbonyl (C=O) groups is 1. The van der Waals surface area contributed by atoms with E-state index in [1.54, 1.807) is 0 Å². The van der Waals surface area contributed by atoms with Crippen LogP contribution in [-0.2, 0) is 4.79 Å². The first kappa shape index (κ1) is 14.6. The lowest BCUT2D eigenvalue weighted by Gasteiger charge is -2.47. The molecule has 114 valence electrons. The van der Waals surface area contributed by atoms with Gasteiger partial charge in [-0.05, 0) is 44.7 Å². The van der Waals surface area contributed by atoms with Gasteiger partial charge in [0.1, 0.15) is 17.6 Å². The molecule has 0 saturated heterocycles. The van der Waals surface area contributed by atoms with Crippen LogP contribution in [0.3, 0.4) is 0 Å². The Morgan fingerprint density at radius 3 is 2.10 bits per heavy atom. The summed E-state index contributed by atoms with van der Waals surface area (Å²) in [5.41, 5.74) is 3.48. The van der Waals surface area contributed by atoms with Gasteiger partial charge in [0.15, 0.2) is 0 Å². The Kier molecular flexibility index (Phi) is 3.81. The number of ether oxygens (including phenoxy) is 1. The molecular formula is C19H26O2. The monoisotopic (exact) mass is 286 g/mol. The number of carbonyl (C=O) groups excluding carboxylic acids is 1. The van der Waals surface area contributed by atoms with E-state index in [1.165, 1.54) is 42.4 Å². The third-order valence-electron chi connectivity index (χ3n) is 5.40. The average Bonchev–Trinajstić information content (AvgIpc) is 2.69. The largest absolute Gasteiger partial charge is 0.488 e. The summed E-state index contributed by atoms with van der Waals surface area (Å²) in [7, 11) is 0. The molecule has 2 fully saturated rings. The standard InChI is InChI=1S/C19H26O2/c1-13-10-14(2)18(15(3)11-13)21-17-12-16(20)19(17)8-6-4-5-7-9-19/h10-11,17H,4-9,12H2,1-3H3. The van der Waals surface area contributed by atoms with Gasteiger partial charge in [-0.25, -0.2) is 0 Å². The molecule has 21 heavy (non-hydrogen) atoms. The summed E-state index contributed by atoms with van der Waals surface area (Å²) in [6.07, 6.45) is 7.65. The summed E-state index contributed by atoms with van der Waals surface area (Å²) in [6.45, 7) is 6.33. The first-order valence-electron chi connectivity index (χ1n) is 8.31. The van der Waals surface area contributed by atoms with Crippen molar-refractivity contribution in [3.05, 3.63) is 28.8 Å². The Bertz CT molecular complexity index is 528. The maximum absolute atomic E-state index is 12.3. The van der Waals surface area contributed by atoms with Crippen molar-refractivity contribution < 1.29 is 9.53 Å². The molecule has 0 bridgehead atoms. The highest BCUT2D eigenvalue weighted by Gasteiger charge is 2.55. The van der Waals surface area contributed by atoms with E-state index in [4.69, 9.17) is 4.74 Å². The van der Waals surface area contributed by atoms with Gasteiger partial charge in [-0.2, -0.15) is 0 Å². The maximum atomic E-state index is 12.3. The molecule has 1 unspecified atom stereocenters. The second kappa shape index (κ2) is 5.47. The van der Waals surface area contributed by atoms with Crippen LogP contribution in [0.25, 0.3) is 0 Å². The van der Waals surface area contributed by atoms with E-state index in [-0.39, 0.29) is 11.5 Å². The number of benzene rings is 1. The second-order valence-electron chi connectivity index (χ2n) is 7.03. The fourth-order valence-electron chi connectivity index (χ4n) is 4.23. The van der Waals surface area contributed by atoms with Gasteiger partial charge in [-0.3, -0.25) is 4.79 Å². The fraction of sp³-hybridized carbons (Fsp3) is 0.632. The molecule has 3 rings (SSSR count). The molecule has 2 aliphatic carbocycles. The normalized spacial score (nSPS) is 24.5. The summed E-state index contributed by atoms with van der Waals surface area (Å²) < 4.78 is 6.37. The highest BCUT2D eigenvalue weighted by Crippen LogP contribution is 2.50. The van der Waals surface area contributed by atoms with E-state index in [0.29, 0.717) is 12.2 Å². The van der Waals surface area contributed by atoms with Crippen molar-refractivity contribution in [1.29, 1.82) is 0 Å². The van der Waals surface area contributed by atoms with Gasteiger partial charge in [-0.15, -0.1) is 0 Å². The highest BCUT2D eigenvalue weighted by atomic mass is 16.5. The molecule has 2 saturated carbocycles. The van der Waals surface area contributed by atoms with Gasteiger partial charge >= 0.3 is 0 Å². The van der Waals surface area contributed by atoms with Gasteiger partial charge in [-0.1, -0.05) is 43.4 Å². The van der Waals surface area contributed by atoms with E-state index >= 15 is 0 Å². The molecule has 2 nitrogen and oxygen atoms in total. The zero-order valence-corrected chi connectivity index (χ0v) is 13.5. The van der Waals surface area contributed by atoms with Crippen molar-refractivity contribution in [2.24, 2.45) is 5.41 Å². The zero-order chi connectivity index (χ0) is 15.0. The second-order valence-corrected chi connectivity index (χ2v) is 7.03. The van der Waals surface area contributed by atoms with Crippen molar-refractivity contribution in [2.45, 2.75) is 71.8 Å². The quantitative estimate of drug-likeness (QED) is 0.789. The van der Waals surface area contributed by atoms with Crippen LogP contribution in [-0.4, -0.2) is 11.9 Å². The van der Waals surface area contributed by atoms with Crippen LogP contribution >= 0.6 is 0 Å². The van der Waals surface area contributed by atoms with Crippen LogP contribution in [0.2, 0.25) is 0 Å². The van der Waals surface area contributed by atoms with Crippen molar-refractivity contribution in [3.63, 3.8) is 0 Å². The van der Waals surface area contributed by atoms with Crippen LogP contribution in [0.1, 0.15) is 61.6 Å². The Morgan fingerprint density at radius 1 is 1.00 bits per heavy atom. The lowest BCUT2D eigenvalue weighted by Crippen LogP contribution is -2.56. The van der Waals surface area contributed by atoms with Gasteiger partial charge in [0, 0.05) is 6.42 Å². The predicted molar refractivity (Wildman–Crippen MR) is 84.8 cm³/mol. The third kappa shape index (κ3) is 2.49. The number of hydrogen-bond acceptors (Lipinski definition) is 2. The minimum absolute atomic E-state index is 0.100. The van der Waals surface area contributed by atoms with Crippen molar-refractivity contribution in [1.82, 2.24) is 0 Å². The summed E-state index contributed by atoms with van der Waals surface area (Å²) in [5.74, 6) is 1.44. The zero-order valence-electron chi connectivity index (χ0n) is 13.5. The van der Waals surface area contributed by atoms with Crippen LogP contribution < -0.4 is 4.74 Å². The Hall–Kier alpha value is -1.31. The van der Waals surface area contributed by atoms with E-state index in [9.17, 15) is 4.79 Å². The molecule has 0 N–H and O–H groups in total. The van der Waals surface area contributed by atoms with Crippen molar-refractivity contribution >= 4 is 5.78 Å². The molecule has 2 heteroatoms. The first-order valence-corrected chi connectivity index (χ1v) is 8.31. The van der Waals surface area contributed by atoms with E-state index in [0.717, 1.165) is 18.6 Å². The number of rotatable bonds is 2. The van der Waals surface area contributed by atoms with Gasteiger partial charge in [0.05, 0.1) is 5.41 Å². The number of aryl methyl sites for hydroxylation is 3. The molecular weight excluding hydrogens is 260 g/mol. The highest BCUT2D eigenvalue weighted by molar-refractivity contribution is 5.92. The lowest BCUT2D eigenvalue weighted by molar-refractivity contribution is -0.154. The molecule has 0 heterocycles. The van der Waals surface area contributed by atoms with Crippen LogP contribution in [0, 0.1) is 26.2 Å². The van der Waals surface area contributed by atoms with Crippen LogP contribution in [0.15, 0.2) is 12.1 Å².